The van der Waals surface area contributed by atoms with E-state index < -0.39 is 0 Å². The second-order valence-electron chi connectivity index (χ2n) is 6.97. The lowest BCUT2D eigenvalue weighted by molar-refractivity contribution is 0.0785. The summed E-state index contributed by atoms with van der Waals surface area (Å²) >= 11 is 0. The predicted molar refractivity (Wildman–Crippen MR) is 115 cm³/mol. The first-order valence-corrected chi connectivity index (χ1v) is 9.48. The zero-order valence-corrected chi connectivity index (χ0v) is 16.7. The highest BCUT2D eigenvalue weighted by Crippen LogP contribution is 2.28. The molecular formula is C24H21N3O3. The largest absolute Gasteiger partial charge is 0.504 e. The summed E-state index contributed by atoms with van der Waals surface area (Å²) in [5.74, 6) is 0.349. The van der Waals surface area contributed by atoms with Gasteiger partial charge in [0.05, 0.1) is 18.3 Å². The Balaban J connectivity index is 1.53. The van der Waals surface area contributed by atoms with E-state index in [1.54, 1.807) is 48.6 Å². The fourth-order valence-electron chi connectivity index (χ4n) is 3.40. The van der Waals surface area contributed by atoms with Gasteiger partial charge in [-0.3, -0.25) is 14.8 Å². The molecule has 0 saturated heterocycles. The lowest BCUT2D eigenvalue weighted by Gasteiger charge is -2.18. The highest BCUT2D eigenvalue weighted by atomic mass is 16.5. The average Bonchev–Trinajstić information content (AvgIpc) is 2.78. The number of aromatic nitrogens is 2. The van der Waals surface area contributed by atoms with Gasteiger partial charge < -0.3 is 14.7 Å². The Morgan fingerprint density at radius 1 is 1.03 bits per heavy atom. The second kappa shape index (κ2) is 8.21. The zero-order chi connectivity index (χ0) is 21.1. The number of pyridine rings is 2. The minimum atomic E-state index is -0.107. The maximum Gasteiger partial charge on any atom is 0.253 e. The lowest BCUT2D eigenvalue weighted by Crippen LogP contribution is -2.26. The Bertz CT molecular complexity index is 1200. The van der Waals surface area contributed by atoms with Gasteiger partial charge in [-0.2, -0.15) is 0 Å². The smallest absolute Gasteiger partial charge is 0.253 e. The third kappa shape index (κ3) is 3.80. The van der Waals surface area contributed by atoms with Crippen LogP contribution in [0.3, 0.4) is 0 Å². The van der Waals surface area contributed by atoms with Crippen molar-refractivity contribution in [2.45, 2.75) is 6.54 Å². The molecule has 1 amide bonds. The van der Waals surface area contributed by atoms with Gasteiger partial charge in [-0.15, -0.1) is 0 Å². The molecule has 0 aliphatic carbocycles. The molecule has 2 heterocycles. The van der Waals surface area contributed by atoms with Crippen molar-refractivity contribution in [3.05, 3.63) is 84.2 Å². The van der Waals surface area contributed by atoms with Gasteiger partial charge in [0, 0.05) is 42.5 Å². The number of hydrogen-bond acceptors (Lipinski definition) is 5. The summed E-state index contributed by atoms with van der Waals surface area (Å²) in [7, 11) is 3.23. The molecule has 0 fully saturated rings. The van der Waals surface area contributed by atoms with Gasteiger partial charge in [-0.25, -0.2) is 0 Å². The van der Waals surface area contributed by atoms with Crippen LogP contribution in [-0.4, -0.2) is 40.0 Å². The van der Waals surface area contributed by atoms with Gasteiger partial charge in [-0.05, 0) is 48.0 Å². The normalized spacial score (nSPS) is 10.7. The third-order valence-corrected chi connectivity index (χ3v) is 4.94. The molecule has 1 N–H and O–H groups in total. The summed E-state index contributed by atoms with van der Waals surface area (Å²) in [5.41, 5.74) is 4.03. The molecule has 0 aliphatic rings. The van der Waals surface area contributed by atoms with Gasteiger partial charge >= 0.3 is 0 Å². The number of benzene rings is 2. The molecule has 0 aliphatic heterocycles. The number of nitrogens with zero attached hydrogens (tertiary/aromatic N) is 3. The van der Waals surface area contributed by atoms with E-state index >= 15 is 0 Å². The second-order valence-corrected chi connectivity index (χ2v) is 6.97. The van der Waals surface area contributed by atoms with E-state index in [1.807, 2.05) is 36.4 Å². The highest BCUT2D eigenvalue weighted by Gasteiger charge is 2.14. The van der Waals surface area contributed by atoms with Crippen molar-refractivity contribution < 1.29 is 14.6 Å². The number of rotatable bonds is 5. The number of amides is 1. The van der Waals surface area contributed by atoms with Crippen LogP contribution < -0.4 is 4.74 Å². The number of carbonyl (C=O) groups excluding carboxylic acids is 1. The number of carbonyl (C=O) groups is 1. The minimum Gasteiger partial charge on any atom is -0.504 e. The number of hydrogen-bond donors (Lipinski definition) is 1. The van der Waals surface area contributed by atoms with E-state index in [0.717, 1.165) is 27.7 Å². The summed E-state index contributed by atoms with van der Waals surface area (Å²) in [6.45, 7) is 0.370. The first-order chi connectivity index (χ1) is 14.6. The van der Waals surface area contributed by atoms with Crippen LogP contribution >= 0.6 is 0 Å². The summed E-state index contributed by atoms with van der Waals surface area (Å²) in [6, 6.07) is 18.3. The molecule has 0 saturated carbocycles. The standard InChI is InChI=1S/C24H21N3O3/c1-27(15-16-5-10-22(30-2)21(28)14-16)24(29)18-8-6-17(7-9-18)23-19-4-3-12-25-20(19)11-13-26-23/h3-14,28H,15H2,1-2H3. The van der Waals surface area contributed by atoms with Crippen molar-refractivity contribution >= 4 is 16.8 Å². The van der Waals surface area contributed by atoms with Crippen LogP contribution in [0.1, 0.15) is 15.9 Å². The molecule has 2 aromatic carbocycles. The van der Waals surface area contributed by atoms with E-state index in [9.17, 15) is 9.90 Å². The highest BCUT2D eigenvalue weighted by molar-refractivity contribution is 5.96. The molecule has 0 atom stereocenters. The van der Waals surface area contributed by atoms with Crippen molar-refractivity contribution in [2.75, 3.05) is 14.2 Å². The zero-order valence-electron chi connectivity index (χ0n) is 16.7. The first-order valence-electron chi connectivity index (χ1n) is 9.48. The quantitative estimate of drug-likeness (QED) is 0.542. The number of methoxy groups -OCH3 is 1. The fourth-order valence-corrected chi connectivity index (χ4v) is 3.40. The Labute approximate surface area is 174 Å². The third-order valence-electron chi connectivity index (χ3n) is 4.94. The van der Waals surface area contributed by atoms with Crippen LogP contribution in [0.4, 0.5) is 0 Å². The number of phenolic OH excluding ortho intramolecular Hbond substituents is 1. The number of phenols is 1. The Kier molecular flexibility index (Phi) is 5.30. The Hall–Kier alpha value is -3.93. The van der Waals surface area contributed by atoms with Gasteiger partial charge in [0.2, 0.25) is 0 Å². The predicted octanol–water partition coefficient (Wildman–Crippen LogP) is 4.28. The van der Waals surface area contributed by atoms with E-state index in [-0.39, 0.29) is 11.7 Å². The van der Waals surface area contributed by atoms with Gasteiger partial charge in [0.25, 0.3) is 5.91 Å². The van der Waals surface area contributed by atoms with E-state index in [1.165, 1.54) is 7.11 Å². The van der Waals surface area contributed by atoms with Gasteiger partial charge in [0.1, 0.15) is 0 Å². The molecular weight excluding hydrogens is 378 g/mol. The summed E-state index contributed by atoms with van der Waals surface area (Å²) in [5, 5.41) is 10.9. The fraction of sp³-hybridized carbons (Fsp3) is 0.125. The molecule has 4 aromatic rings. The number of fused-ring (bicyclic) bond motifs is 1. The monoisotopic (exact) mass is 399 g/mol. The molecule has 0 spiro atoms. The van der Waals surface area contributed by atoms with Gasteiger partial charge in [-0.1, -0.05) is 18.2 Å². The molecule has 0 unspecified atom stereocenters. The van der Waals surface area contributed by atoms with Crippen molar-refractivity contribution in [1.82, 2.24) is 14.9 Å². The van der Waals surface area contributed by atoms with Crippen LogP contribution in [-0.2, 0) is 6.54 Å². The molecule has 0 radical (unpaired) electrons. The molecule has 150 valence electrons. The van der Waals surface area contributed by atoms with Crippen LogP contribution in [0.15, 0.2) is 73.1 Å². The van der Waals surface area contributed by atoms with Gasteiger partial charge in [0.15, 0.2) is 11.5 Å². The first kappa shape index (κ1) is 19.4. The average molecular weight is 399 g/mol. The minimum absolute atomic E-state index is 0.0530. The van der Waals surface area contributed by atoms with Crippen molar-refractivity contribution in [2.24, 2.45) is 0 Å². The topological polar surface area (TPSA) is 75.5 Å². The molecule has 0 bridgehead atoms. The summed E-state index contributed by atoms with van der Waals surface area (Å²) < 4.78 is 5.06. The lowest BCUT2D eigenvalue weighted by atomic mass is 10.0. The maximum atomic E-state index is 12.8. The van der Waals surface area contributed by atoms with Crippen LogP contribution in [0.25, 0.3) is 22.2 Å². The summed E-state index contributed by atoms with van der Waals surface area (Å²) in [4.78, 5) is 23.3. The van der Waals surface area contributed by atoms with Crippen LogP contribution in [0, 0.1) is 0 Å². The Morgan fingerprint density at radius 2 is 1.83 bits per heavy atom. The summed E-state index contributed by atoms with van der Waals surface area (Å²) in [6.07, 6.45) is 3.49. The molecule has 6 heteroatoms. The van der Waals surface area contributed by atoms with Crippen LogP contribution in [0.2, 0.25) is 0 Å². The molecule has 30 heavy (non-hydrogen) atoms. The number of ether oxygens (including phenoxy) is 1. The molecule has 2 aromatic heterocycles. The van der Waals surface area contributed by atoms with E-state index in [0.29, 0.717) is 17.9 Å². The van der Waals surface area contributed by atoms with Crippen molar-refractivity contribution in [3.8, 4) is 22.8 Å². The van der Waals surface area contributed by atoms with Crippen molar-refractivity contribution in [1.29, 1.82) is 0 Å². The maximum absolute atomic E-state index is 12.8. The van der Waals surface area contributed by atoms with E-state index in [2.05, 4.69) is 9.97 Å². The van der Waals surface area contributed by atoms with Crippen LogP contribution in [0.5, 0.6) is 11.5 Å². The molecule has 6 nitrogen and oxygen atoms in total. The van der Waals surface area contributed by atoms with Crippen molar-refractivity contribution in [3.63, 3.8) is 0 Å². The number of aromatic hydroxyl groups is 1. The SMILES string of the molecule is COc1ccc(CN(C)C(=O)c2ccc(-c3nccc4ncccc34)cc2)cc1O. The Morgan fingerprint density at radius 3 is 2.57 bits per heavy atom. The molecule has 4 rings (SSSR count). The van der Waals surface area contributed by atoms with E-state index in [4.69, 9.17) is 4.74 Å².